The monoisotopic (exact) mass is 282 g/mol. The minimum Gasteiger partial charge on any atom is -0.369 e. The fourth-order valence-electron chi connectivity index (χ4n) is 3.07. The Labute approximate surface area is 120 Å². The topological polar surface area (TPSA) is 78.7 Å². The Balaban J connectivity index is 1.77. The lowest BCUT2D eigenvalue weighted by atomic mass is 9.95. The zero-order valence-electron chi connectivity index (χ0n) is 12.1. The summed E-state index contributed by atoms with van der Waals surface area (Å²) in [7, 11) is 0. The Kier molecular flexibility index (Phi) is 5.79. The fourth-order valence-corrected chi connectivity index (χ4v) is 3.07. The van der Waals surface area contributed by atoms with Gasteiger partial charge < -0.3 is 16.0 Å². The molecule has 3 N–H and O–H groups in total. The average molecular weight is 282 g/mol. The van der Waals surface area contributed by atoms with Gasteiger partial charge in [0.05, 0.1) is 6.54 Å². The van der Waals surface area contributed by atoms with Gasteiger partial charge in [-0.25, -0.2) is 0 Å². The highest BCUT2D eigenvalue weighted by molar-refractivity contribution is 5.77. The van der Waals surface area contributed by atoms with Crippen LogP contribution < -0.4 is 11.1 Å². The molecule has 2 aliphatic rings. The third-order valence-corrected chi connectivity index (χ3v) is 4.18. The second-order valence-corrected chi connectivity index (χ2v) is 5.89. The number of nitrogens with one attached hydrogen (secondary N) is 1. The van der Waals surface area contributed by atoms with E-state index >= 15 is 0 Å². The normalized spacial score (nSPS) is 25.2. The van der Waals surface area contributed by atoms with Crippen molar-refractivity contribution in [2.45, 2.75) is 25.7 Å². The van der Waals surface area contributed by atoms with Crippen molar-refractivity contribution < 1.29 is 9.59 Å². The van der Waals surface area contributed by atoms with E-state index in [4.69, 9.17) is 5.73 Å². The molecule has 0 spiro atoms. The van der Waals surface area contributed by atoms with Crippen molar-refractivity contribution >= 4 is 11.8 Å². The van der Waals surface area contributed by atoms with Gasteiger partial charge in [-0.3, -0.25) is 14.5 Å². The molecule has 1 atom stereocenters. The maximum Gasteiger partial charge on any atom is 0.231 e. The first kappa shape index (κ1) is 15.3. The van der Waals surface area contributed by atoms with Crippen LogP contribution in [0.1, 0.15) is 25.7 Å². The number of nitrogens with two attached hydrogens (primary N) is 1. The van der Waals surface area contributed by atoms with Crippen LogP contribution in [0.5, 0.6) is 0 Å². The predicted molar refractivity (Wildman–Crippen MR) is 77.0 cm³/mol. The zero-order chi connectivity index (χ0) is 14.4. The minimum absolute atomic E-state index is 0.264. The molecule has 0 aromatic rings. The molecule has 0 bridgehead atoms. The van der Waals surface area contributed by atoms with Crippen LogP contribution in [0.2, 0.25) is 0 Å². The molecule has 2 rings (SSSR count). The molecular formula is C14H26N4O2. The van der Waals surface area contributed by atoms with Crippen LogP contribution >= 0.6 is 0 Å². The molecule has 114 valence electrons. The number of rotatable bonds is 4. The van der Waals surface area contributed by atoms with Gasteiger partial charge in [-0.05, 0) is 38.3 Å². The maximum absolute atomic E-state index is 12.3. The molecule has 2 aliphatic heterocycles. The van der Waals surface area contributed by atoms with E-state index in [-0.39, 0.29) is 11.8 Å². The molecule has 6 heteroatoms. The average Bonchev–Trinajstić information content (AvgIpc) is 2.65. The highest BCUT2D eigenvalue weighted by Crippen LogP contribution is 2.16. The maximum atomic E-state index is 12.3. The van der Waals surface area contributed by atoms with Crippen molar-refractivity contribution in [2.75, 3.05) is 45.8 Å². The number of piperidine rings is 1. The number of amides is 2. The van der Waals surface area contributed by atoms with Gasteiger partial charge in [0, 0.05) is 32.6 Å². The van der Waals surface area contributed by atoms with Gasteiger partial charge >= 0.3 is 0 Å². The smallest absolute Gasteiger partial charge is 0.231 e. The molecule has 20 heavy (non-hydrogen) atoms. The Morgan fingerprint density at radius 2 is 2.00 bits per heavy atom. The number of carbonyl (C=O) groups excluding carboxylic acids is 2. The first-order chi connectivity index (χ1) is 9.65. The highest BCUT2D eigenvalue weighted by atomic mass is 16.2. The van der Waals surface area contributed by atoms with Crippen LogP contribution in [-0.4, -0.2) is 67.4 Å². The Bertz CT molecular complexity index is 342. The summed E-state index contributed by atoms with van der Waals surface area (Å²) in [5.74, 6) is 0.457. The van der Waals surface area contributed by atoms with E-state index in [9.17, 15) is 9.59 Å². The SMILES string of the molecule is NC(=O)CN1CCCN(C(=O)CC2CCCNC2)CC1. The van der Waals surface area contributed by atoms with E-state index < -0.39 is 0 Å². The van der Waals surface area contributed by atoms with E-state index in [1.807, 2.05) is 9.80 Å². The third-order valence-electron chi connectivity index (χ3n) is 4.18. The van der Waals surface area contributed by atoms with Crippen molar-refractivity contribution in [3.05, 3.63) is 0 Å². The first-order valence-corrected chi connectivity index (χ1v) is 7.64. The second-order valence-electron chi connectivity index (χ2n) is 5.89. The summed E-state index contributed by atoms with van der Waals surface area (Å²) in [5.41, 5.74) is 5.22. The number of hydrogen-bond acceptors (Lipinski definition) is 4. The molecule has 2 amide bonds. The minimum atomic E-state index is -0.293. The molecule has 0 aromatic heterocycles. The Morgan fingerprint density at radius 3 is 2.70 bits per heavy atom. The molecule has 1 unspecified atom stereocenters. The molecular weight excluding hydrogens is 256 g/mol. The predicted octanol–water partition coefficient (Wildman–Crippen LogP) is -0.604. The summed E-state index contributed by atoms with van der Waals surface area (Å²) in [5, 5.41) is 3.35. The van der Waals surface area contributed by atoms with Gasteiger partial charge in [-0.1, -0.05) is 0 Å². The summed E-state index contributed by atoms with van der Waals surface area (Å²) in [6, 6.07) is 0. The van der Waals surface area contributed by atoms with Crippen molar-refractivity contribution in [3.8, 4) is 0 Å². The molecule has 2 saturated heterocycles. The Hall–Kier alpha value is -1.14. The van der Waals surface area contributed by atoms with Crippen LogP contribution in [0.4, 0.5) is 0 Å². The van der Waals surface area contributed by atoms with Crippen LogP contribution in [0.3, 0.4) is 0 Å². The van der Waals surface area contributed by atoms with Crippen LogP contribution in [0.15, 0.2) is 0 Å². The molecule has 2 heterocycles. The van der Waals surface area contributed by atoms with E-state index in [0.29, 0.717) is 25.4 Å². The van der Waals surface area contributed by atoms with E-state index in [1.54, 1.807) is 0 Å². The van der Waals surface area contributed by atoms with Gasteiger partial charge in [-0.2, -0.15) is 0 Å². The van der Waals surface area contributed by atoms with Crippen LogP contribution in [0.25, 0.3) is 0 Å². The molecule has 0 aliphatic carbocycles. The lowest BCUT2D eigenvalue weighted by Gasteiger charge is -2.26. The van der Waals surface area contributed by atoms with Crippen molar-refractivity contribution in [3.63, 3.8) is 0 Å². The van der Waals surface area contributed by atoms with Gasteiger partial charge in [0.15, 0.2) is 0 Å². The van der Waals surface area contributed by atoms with Crippen molar-refractivity contribution in [2.24, 2.45) is 11.7 Å². The number of carbonyl (C=O) groups is 2. The summed E-state index contributed by atoms with van der Waals surface area (Å²) in [4.78, 5) is 27.3. The molecule has 0 radical (unpaired) electrons. The van der Waals surface area contributed by atoms with Crippen LogP contribution in [0, 0.1) is 5.92 Å². The largest absolute Gasteiger partial charge is 0.369 e. The molecule has 2 fully saturated rings. The zero-order valence-corrected chi connectivity index (χ0v) is 12.1. The van der Waals surface area contributed by atoms with E-state index in [0.717, 1.165) is 45.6 Å². The number of nitrogens with zero attached hydrogens (tertiary/aromatic N) is 2. The lowest BCUT2D eigenvalue weighted by molar-refractivity contribution is -0.132. The van der Waals surface area contributed by atoms with Crippen molar-refractivity contribution in [1.29, 1.82) is 0 Å². The van der Waals surface area contributed by atoms with Gasteiger partial charge in [0.2, 0.25) is 11.8 Å². The number of primary amides is 1. The molecule has 6 nitrogen and oxygen atoms in total. The molecule has 0 saturated carbocycles. The lowest BCUT2D eigenvalue weighted by Crippen LogP contribution is -2.40. The van der Waals surface area contributed by atoms with Crippen molar-refractivity contribution in [1.82, 2.24) is 15.1 Å². The summed E-state index contributed by atoms with van der Waals surface area (Å²) < 4.78 is 0. The van der Waals surface area contributed by atoms with E-state index in [1.165, 1.54) is 6.42 Å². The van der Waals surface area contributed by atoms with Gasteiger partial charge in [0.1, 0.15) is 0 Å². The second kappa shape index (κ2) is 7.59. The standard InChI is InChI=1S/C14H26N4O2/c15-13(19)11-17-5-2-6-18(8-7-17)14(20)9-12-3-1-4-16-10-12/h12,16H,1-11H2,(H2,15,19). The fraction of sp³-hybridized carbons (Fsp3) is 0.857. The third kappa shape index (κ3) is 4.76. The Morgan fingerprint density at radius 1 is 1.15 bits per heavy atom. The quantitative estimate of drug-likeness (QED) is 0.721. The van der Waals surface area contributed by atoms with Gasteiger partial charge in [-0.15, -0.1) is 0 Å². The number of hydrogen-bond donors (Lipinski definition) is 2. The first-order valence-electron chi connectivity index (χ1n) is 7.64. The highest BCUT2D eigenvalue weighted by Gasteiger charge is 2.23. The van der Waals surface area contributed by atoms with Crippen LogP contribution in [-0.2, 0) is 9.59 Å². The summed E-state index contributed by atoms with van der Waals surface area (Å²) in [6.45, 7) is 5.45. The van der Waals surface area contributed by atoms with Gasteiger partial charge in [0.25, 0.3) is 0 Å². The summed E-state index contributed by atoms with van der Waals surface area (Å²) in [6.07, 6.45) is 3.90. The summed E-state index contributed by atoms with van der Waals surface area (Å²) >= 11 is 0. The molecule has 0 aromatic carbocycles. The van der Waals surface area contributed by atoms with E-state index in [2.05, 4.69) is 5.32 Å².